The summed E-state index contributed by atoms with van der Waals surface area (Å²) in [4.78, 5) is 37.3. The molecule has 9 nitrogen and oxygen atoms in total. The summed E-state index contributed by atoms with van der Waals surface area (Å²) in [6, 6.07) is 18.0. The minimum Gasteiger partial charge on any atom is -0.481 e. The molecular formula is C28H26BrCl2N3O6. The molecule has 3 rings (SSSR count). The number of hydrogen-bond donors (Lipinski definition) is 2. The van der Waals surface area contributed by atoms with E-state index in [1.807, 2.05) is 30.3 Å². The highest BCUT2D eigenvalue weighted by molar-refractivity contribution is 9.10. The summed E-state index contributed by atoms with van der Waals surface area (Å²) in [6.45, 7) is 1.32. The van der Waals surface area contributed by atoms with Crippen molar-refractivity contribution < 1.29 is 28.6 Å². The normalized spacial score (nSPS) is 12.3. The van der Waals surface area contributed by atoms with Crippen molar-refractivity contribution in [1.82, 2.24) is 10.7 Å². The number of ether oxygens (including phenoxy) is 3. The highest BCUT2D eigenvalue weighted by Gasteiger charge is 2.25. The van der Waals surface area contributed by atoms with E-state index in [-0.39, 0.29) is 23.8 Å². The number of benzene rings is 3. The average molecular weight is 651 g/mol. The second-order valence-corrected chi connectivity index (χ2v) is 10.1. The van der Waals surface area contributed by atoms with Crippen LogP contribution in [0.2, 0.25) is 10.0 Å². The SMILES string of the molecule is COC(=O)COc1ccc(/C=N\NC(=O)[C@@H](Cc2ccccc2)NC(=O)[C@H](C)Oc2ccc(Cl)cc2Cl)cc1Br. The lowest BCUT2D eigenvalue weighted by atomic mass is 10.1. The fraction of sp³-hybridized carbons (Fsp3) is 0.214. The van der Waals surface area contributed by atoms with Crippen LogP contribution in [0.4, 0.5) is 0 Å². The Morgan fingerprint density at radius 1 is 1.00 bits per heavy atom. The summed E-state index contributed by atoms with van der Waals surface area (Å²) in [5, 5.41) is 7.45. The third kappa shape index (κ3) is 9.55. The molecule has 0 aromatic heterocycles. The second kappa shape index (κ2) is 15.3. The summed E-state index contributed by atoms with van der Waals surface area (Å²) in [5.41, 5.74) is 3.96. The van der Waals surface area contributed by atoms with Gasteiger partial charge in [-0.05, 0) is 70.4 Å². The Bertz CT molecular complexity index is 1370. The van der Waals surface area contributed by atoms with Gasteiger partial charge in [0, 0.05) is 11.4 Å². The first-order chi connectivity index (χ1) is 19.2. The van der Waals surface area contributed by atoms with Gasteiger partial charge in [0.1, 0.15) is 17.5 Å². The van der Waals surface area contributed by atoms with E-state index >= 15 is 0 Å². The van der Waals surface area contributed by atoms with Crippen molar-refractivity contribution in [3.05, 3.63) is 92.4 Å². The smallest absolute Gasteiger partial charge is 0.343 e. The number of nitrogens with one attached hydrogen (secondary N) is 2. The molecule has 0 spiro atoms. The molecule has 0 aliphatic rings. The molecule has 0 unspecified atom stereocenters. The Balaban J connectivity index is 1.66. The van der Waals surface area contributed by atoms with Crippen molar-refractivity contribution in [3.63, 3.8) is 0 Å². The van der Waals surface area contributed by atoms with Gasteiger partial charge in [-0.2, -0.15) is 5.10 Å². The number of hydrogen-bond acceptors (Lipinski definition) is 7. The first-order valence-electron chi connectivity index (χ1n) is 11.9. The topological polar surface area (TPSA) is 115 Å². The monoisotopic (exact) mass is 649 g/mol. The molecule has 0 heterocycles. The second-order valence-electron chi connectivity index (χ2n) is 8.37. The Morgan fingerprint density at radius 3 is 2.40 bits per heavy atom. The van der Waals surface area contributed by atoms with E-state index in [2.05, 4.69) is 36.5 Å². The number of methoxy groups -OCH3 is 1. The molecule has 2 amide bonds. The zero-order valence-electron chi connectivity index (χ0n) is 21.5. The molecule has 12 heteroatoms. The van der Waals surface area contributed by atoms with Gasteiger partial charge in [-0.25, -0.2) is 10.2 Å². The fourth-order valence-electron chi connectivity index (χ4n) is 3.32. The fourth-order valence-corrected chi connectivity index (χ4v) is 4.29. The Morgan fingerprint density at radius 2 is 1.73 bits per heavy atom. The van der Waals surface area contributed by atoms with Gasteiger partial charge in [0.25, 0.3) is 11.8 Å². The highest BCUT2D eigenvalue weighted by Crippen LogP contribution is 2.28. The minimum absolute atomic E-state index is 0.222. The lowest BCUT2D eigenvalue weighted by Gasteiger charge is -2.21. The molecule has 0 saturated carbocycles. The third-order valence-corrected chi connectivity index (χ3v) is 6.55. The van der Waals surface area contributed by atoms with E-state index in [0.29, 0.717) is 20.8 Å². The first kappa shape index (κ1) is 30.9. The number of esters is 1. The third-order valence-electron chi connectivity index (χ3n) is 5.40. The standard InChI is InChI=1S/C28H26BrCl2N3O6/c1-17(40-25-11-9-20(30)14-22(25)31)27(36)33-23(13-18-6-4-3-5-7-18)28(37)34-32-15-19-8-10-24(21(29)12-19)39-16-26(35)38-2/h3-12,14-15,17,23H,13,16H2,1-2H3,(H,33,36)(H,34,37)/b32-15-/t17-,23+/m0/s1. The Hall–Kier alpha value is -3.60. The minimum atomic E-state index is -0.953. The highest BCUT2D eigenvalue weighted by atomic mass is 79.9. The first-order valence-corrected chi connectivity index (χ1v) is 13.5. The largest absolute Gasteiger partial charge is 0.481 e. The molecule has 2 atom stereocenters. The Labute approximate surface area is 249 Å². The van der Waals surface area contributed by atoms with E-state index in [0.717, 1.165) is 5.56 Å². The van der Waals surface area contributed by atoms with Crippen LogP contribution in [-0.2, 0) is 25.5 Å². The predicted octanol–water partition coefficient (Wildman–Crippen LogP) is 4.95. The molecule has 3 aromatic carbocycles. The lowest BCUT2D eigenvalue weighted by molar-refractivity contribution is -0.143. The van der Waals surface area contributed by atoms with E-state index < -0.39 is 29.9 Å². The van der Waals surface area contributed by atoms with Gasteiger partial charge in [0.05, 0.1) is 22.8 Å². The van der Waals surface area contributed by atoms with Gasteiger partial charge in [-0.3, -0.25) is 9.59 Å². The van der Waals surface area contributed by atoms with Crippen molar-refractivity contribution in [2.45, 2.75) is 25.5 Å². The lowest BCUT2D eigenvalue weighted by Crippen LogP contribution is -2.50. The summed E-state index contributed by atoms with van der Waals surface area (Å²) >= 11 is 15.4. The number of carbonyl (C=O) groups is 3. The predicted molar refractivity (Wildman–Crippen MR) is 156 cm³/mol. The number of amides is 2. The van der Waals surface area contributed by atoms with Crippen molar-refractivity contribution in [1.29, 1.82) is 0 Å². The maximum atomic E-state index is 13.1. The number of rotatable bonds is 12. The van der Waals surface area contributed by atoms with Crippen LogP contribution in [0, 0.1) is 0 Å². The molecule has 3 aromatic rings. The van der Waals surface area contributed by atoms with Crippen LogP contribution >= 0.6 is 39.1 Å². The quantitative estimate of drug-likeness (QED) is 0.163. The van der Waals surface area contributed by atoms with Crippen molar-refractivity contribution in [3.8, 4) is 11.5 Å². The number of hydrazone groups is 1. The number of halogens is 3. The summed E-state index contributed by atoms with van der Waals surface area (Å²) in [6.07, 6.45) is 0.702. The van der Waals surface area contributed by atoms with Gasteiger partial charge < -0.3 is 19.5 Å². The van der Waals surface area contributed by atoms with E-state index in [1.165, 1.54) is 19.4 Å². The molecule has 0 aliphatic heterocycles. The zero-order valence-corrected chi connectivity index (χ0v) is 24.6. The van der Waals surface area contributed by atoms with Gasteiger partial charge >= 0.3 is 5.97 Å². The van der Waals surface area contributed by atoms with Crippen LogP contribution in [0.3, 0.4) is 0 Å². The maximum Gasteiger partial charge on any atom is 0.343 e. The molecular weight excluding hydrogens is 625 g/mol. The van der Waals surface area contributed by atoms with E-state index in [9.17, 15) is 14.4 Å². The van der Waals surface area contributed by atoms with E-state index in [4.69, 9.17) is 32.7 Å². The van der Waals surface area contributed by atoms with Crippen LogP contribution in [0.1, 0.15) is 18.1 Å². The van der Waals surface area contributed by atoms with Crippen molar-refractivity contribution in [2.75, 3.05) is 13.7 Å². The molecule has 0 saturated heterocycles. The molecule has 0 bridgehead atoms. The van der Waals surface area contributed by atoms with Gasteiger partial charge in [0.15, 0.2) is 12.7 Å². The average Bonchev–Trinajstić information content (AvgIpc) is 2.93. The van der Waals surface area contributed by atoms with Crippen LogP contribution in [0.15, 0.2) is 76.3 Å². The molecule has 0 fully saturated rings. The molecule has 0 aliphatic carbocycles. The molecule has 2 N–H and O–H groups in total. The van der Waals surface area contributed by atoms with Crippen LogP contribution in [0.25, 0.3) is 0 Å². The number of nitrogens with zero attached hydrogens (tertiary/aromatic N) is 1. The van der Waals surface area contributed by atoms with Crippen LogP contribution < -0.4 is 20.2 Å². The number of carbonyl (C=O) groups excluding carboxylic acids is 3. The van der Waals surface area contributed by atoms with E-state index in [1.54, 1.807) is 37.3 Å². The van der Waals surface area contributed by atoms with Crippen molar-refractivity contribution in [2.24, 2.45) is 5.10 Å². The van der Waals surface area contributed by atoms with Crippen molar-refractivity contribution >= 4 is 63.1 Å². The van der Waals surface area contributed by atoms with Gasteiger partial charge in [0.2, 0.25) is 0 Å². The molecule has 40 heavy (non-hydrogen) atoms. The molecule has 210 valence electrons. The maximum absolute atomic E-state index is 13.1. The van der Waals surface area contributed by atoms with Gasteiger partial charge in [-0.15, -0.1) is 0 Å². The molecule has 0 radical (unpaired) electrons. The summed E-state index contributed by atoms with van der Waals surface area (Å²) < 4.78 is 16.2. The summed E-state index contributed by atoms with van der Waals surface area (Å²) in [5.74, 6) is -0.823. The van der Waals surface area contributed by atoms with Gasteiger partial charge in [-0.1, -0.05) is 53.5 Å². The zero-order chi connectivity index (χ0) is 29.1. The summed E-state index contributed by atoms with van der Waals surface area (Å²) in [7, 11) is 1.27. The Kier molecular flexibility index (Phi) is 11.8. The van der Waals surface area contributed by atoms with Crippen LogP contribution in [0.5, 0.6) is 11.5 Å². The van der Waals surface area contributed by atoms with Crippen LogP contribution in [-0.4, -0.2) is 49.9 Å².